The summed E-state index contributed by atoms with van der Waals surface area (Å²) in [5.41, 5.74) is 5.54. The molecule has 1 fully saturated rings. The summed E-state index contributed by atoms with van der Waals surface area (Å²) in [6.45, 7) is 7.47. The highest BCUT2D eigenvalue weighted by molar-refractivity contribution is 7.17. The SMILES string of the molecule is CCN1CCC(c2cc(-c3ccc(NC(=O)c4c[nH]cn4)cc3)sc2C(=O)O)=C(C2CCC(C)CC2)C1. The van der Waals surface area contributed by atoms with Crippen LogP contribution in [0.4, 0.5) is 5.69 Å². The van der Waals surface area contributed by atoms with Gasteiger partial charge in [-0.2, -0.15) is 0 Å². The molecule has 0 spiro atoms. The highest BCUT2D eigenvalue weighted by atomic mass is 32.1. The summed E-state index contributed by atoms with van der Waals surface area (Å²) < 4.78 is 0. The van der Waals surface area contributed by atoms with E-state index in [1.807, 2.05) is 24.3 Å². The number of rotatable bonds is 7. The molecule has 0 atom stereocenters. The molecule has 3 heterocycles. The number of imidazole rings is 1. The number of H-pyrrole nitrogens is 1. The van der Waals surface area contributed by atoms with E-state index in [1.54, 1.807) is 6.20 Å². The highest BCUT2D eigenvalue weighted by Crippen LogP contribution is 2.43. The predicted molar refractivity (Wildman–Crippen MR) is 148 cm³/mol. The van der Waals surface area contributed by atoms with Gasteiger partial charge in [0, 0.05) is 35.4 Å². The molecule has 3 aromatic rings. The first-order valence-corrected chi connectivity index (χ1v) is 14.0. The Balaban J connectivity index is 1.45. The van der Waals surface area contributed by atoms with Gasteiger partial charge >= 0.3 is 5.97 Å². The van der Waals surface area contributed by atoms with E-state index in [4.69, 9.17) is 0 Å². The maximum Gasteiger partial charge on any atom is 0.346 e. The molecule has 1 aliphatic heterocycles. The molecule has 1 amide bonds. The van der Waals surface area contributed by atoms with Gasteiger partial charge in [-0.15, -0.1) is 11.3 Å². The zero-order valence-electron chi connectivity index (χ0n) is 21.4. The lowest BCUT2D eigenvalue weighted by molar-refractivity contribution is 0.0701. The van der Waals surface area contributed by atoms with E-state index in [0.29, 0.717) is 22.2 Å². The zero-order chi connectivity index (χ0) is 25.9. The van der Waals surface area contributed by atoms with Crippen LogP contribution in [0.1, 0.15) is 71.7 Å². The Kier molecular flexibility index (Phi) is 7.58. The molecule has 8 heteroatoms. The summed E-state index contributed by atoms with van der Waals surface area (Å²) in [6, 6.07) is 9.62. The fraction of sp³-hybridized carbons (Fsp3) is 0.414. The van der Waals surface area contributed by atoms with E-state index in [1.165, 1.54) is 54.5 Å². The smallest absolute Gasteiger partial charge is 0.346 e. The molecule has 3 N–H and O–H groups in total. The van der Waals surface area contributed by atoms with Gasteiger partial charge in [-0.05, 0) is 72.6 Å². The molecule has 5 rings (SSSR count). The molecule has 1 aromatic carbocycles. The lowest BCUT2D eigenvalue weighted by Gasteiger charge is -2.36. The van der Waals surface area contributed by atoms with Gasteiger partial charge in [0.15, 0.2) is 0 Å². The first-order chi connectivity index (χ1) is 17.9. The topological polar surface area (TPSA) is 98.3 Å². The normalized spacial score (nSPS) is 20.7. The lowest BCUT2D eigenvalue weighted by Crippen LogP contribution is -2.34. The molecular weight excluding hydrogens is 484 g/mol. The van der Waals surface area contributed by atoms with Crippen LogP contribution in [0.25, 0.3) is 16.0 Å². The van der Waals surface area contributed by atoms with Gasteiger partial charge in [0.2, 0.25) is 0 Å². The summed E-state index contributed by atoms with van der Waals surface area (Å²) in [5.74, 6) is 0.176. The molecule has 0 unspecified atom stereocenters. The number of carbonyl (C=O) groups is 2. The number of hydrogen-bond acceptors (Lipinski definition) is 5. The van der Waals surface area contributed by atoms with Crippen LogP contribution in [-0.2, 0) is 0 Å². The minimum atomic E-state index is -0.865. The lowest BCUT2D eigenvalue weighted by atomic mass is 9.75. The number of benzene rings is 1. The van der Waals surface area contributed by atoms with Crippen molar-refractivity contribution in [3.63, 3.8) is 0 Å². The number of hydrogen-bond donors (Lipinski definition) is 3. The van der Waals surface area contributed by atoms with Gasteiger partial charge in [-0.1, -0.05) is 38.8 Å². The Morgan fingerprint density at radius 1 is 1.19 bits per heavy atom. The molecule has 0 radical (unpaired) electrons. The highest BCUT2D eigenvalue weighted by Gasteiger charge is 2.30. The third-order valence-electron chi connectivity index (χ3n) is 7.83. The minimum Gasteiger partial charge on any atom is -0.477 e. The molecule has 194 valence electrons. The number of anilines is 1. The van der Waals surface area contributed by atoms with Crippen molar-refractivity contribution in [1.29, 1.82) is 0 Å². The fourth-order valence-electron chi connectivity index (χ4n) is 5.62. The average molecular weight is 519 g/mol. The molecule has 2 aromatic heterocycles. The second-order valence-electron chi connectivity index (χ2n) is 10.2. The van der Waals surface area contributed by atoms with E-state index < -0.39 is 5.97 Å². The molecule has 37 heavy (non-hydrogen) atoms. The minimum absolute atomic E-state index is 0.282. The summed E-state index contributed by atoms with van der Waals surface area (Å²) in [4.78, 5) is 35.2. The van der Waals surface area contributed by atoms with Crippen molar-refractivity contribution in [3.8, 4) is 10.4 Å². The third-order valence-corrected chi connectivity index (χ3v) is 9.00. The van der Waals surface area contributed by atoms with Crippen LogP contribution in [0.3, 0.4) is 0 Å². The number of carboxylic acid groups (broad SMARTS) is 1. The van der Waals surface area contributed by atoms with Crippen molar-refractivity contribution in [2.24, 2.45) is 11.8 Å². The van der Waals surface area contributed by atoms with Gasteiger partial charge in [0.05, 0.1) is 6.33 Å². The monoisotopic (exact) mass is 518 g/mol. The summed E-state index contributed by atoms with van der Waals surface area (Å²) in [7, 11) is 0. The number of thiophene rings is 1. The number of nitrogens with one attached hydrogen (secondary N) is 2. The molecular formula is C29H34N4O3S. The van der Waals surface area contributed by atoms with Gasteiger partial charge in [0.1, 0.15) is 10.6 Å². The standard InChI is InChI=1S/C29H34N4O3S/c1-3-33-13-12-22(24(16-33)19-6-4-18(2)5-7-19)23-14-26(37-27(23)29(35)36)20-8-10-21(11-9-20)32-28(34)25-15-30-17-31-25/h8-11,14-15,17-19H,3-7,12-13,16H2,1-2H3,(H,30,31)(H,32,34)(H,35,36). The van der Waals surface area contributed by atoms with Crippen molar-refractivity contribution in [2.75, 3.05) is 25.0 Å². The Morgan fingerprint density at radius 3 is 2.59 bits per heavy atom. The summed E-state index contributed by atoms with van der Waals surface area (Å²) >= 11 is 1.34. The fourth-order valence-corrected chi connectivity index (χ4v) is 6.65. The quantitative estimate of drug-likeness (QED) is 0.336. The molecule has 0 bridgehead atoms. The van der Waals surface area contributed by atoms with E-state index in [9.17, 15) is 14.7 Å². The van der Waals surface area contributed by atoms with Crippen LogP contribution in [0.2, 0.25) is 0 Å². The molecule has 7 nitrogen and oxygen atoms in total. The van der Waals surface area contributed by atoms with Gasteiger partial charge in [-0.3, -0.25) is 9.69 Å². The van der Waals surface area contributed by atoms with Crippen molar-refractivity contribution >= 4 is 34.5 Å². The largest absolute Gasteiger partial charge is 0.477 e. The number of likely N-dealkylation sites (N-methyl/N-ethyl adjacent to an activating group) is 1. The van der Waals surface area contributed by atoms with Gasteiger partial charge in [-0.25, -0.2) is 9.78 Å². The van der Waals surface area contributed by atoms with Crippen LogP contribution >= 0.6 is 11.3 Å². The third kappa shape index (κ3) is 5.55. The van der Waals surface area contributed by atoms with Gasteiger partial charge < -0.3 is 15.4 Å². The first kappa shape index (κ1) is 25.4. The second-order valence-corrected chi connectivity index (χ2v) is 11.3. The van der Waals surface area contributed by atoms with Crippen LogP contribution in [0.15, 0.2) is 48.4 Å². The van der Waals surface area contributed by atoms with Crippen LogP contribution in [0.5, 0.6) is 0 Å². The number of aromatic amines is 1. The average Bonchev–Trinajstić information content (AvgIpc) is 3.60. The van der Waals surface area contributed by atoms with E-state index in [-0.39, 0.29) is 5.91 Å². The molecule has 1 saturated carbocycles. The Morgan fingerprint density at radius 2 is 1.95 bits per heavy atom. The second kappa shape index (κ2) is 11.0. The molecule has 2 aliphatic rings. The maximum absolute atomic E-state index is 12.4. The maximum atomic E-state index is 12.4. The van der Waals surface area contributed by atoms with Crippen molar-refractivity contribution < 1.29 is 14.7 Å². The van der Waals surface area contributed by atoms with Crippen molar-refractivity contribution in [3.05, 3.63) is 64.6 Å². The zero-order valence-corrected chi connectivity index (χ0v) is 22.2. The Bertz CT molecular complexity index is 1290. The molecule has 1 aliphatic carbocycles. The number of carbonyl (C=O) groups excluding carboxylic acids is 1. The number of carboxylic acids is 1. The van der Waals surface area contributed by atoms with E-state index >= 15 is 0 Å². The van der Waals surface area contributed by atoms with Crippen LogP contribution in [-0.4, -0.2) is 51.5 Å². The predicted octanol–water partition coefficient (Wildman–Crippen LogP) is 6.39. The Labute approximate surface area is 221 Å². The number of amides is 1. The van der Waals surface area contributed by atoms with Crippen molar-refractivity contribution in [1.82, 2.24) is 14.9 Å². The van der Waals surface area contributed by atoms with Gasteiger partial charge in [0.25, 0.3) is 5.91 Å². The number of aromatic carboxylic acids is 1. The van der Waals surface area contributed by atoms with E-state index in [2.05, 4.69) is 40.1 Å². The number of aromatic nitrogens is 2. The number of nitrogens with zero attached hydrogens (tertiary/aromatic N) is 2. The first-order valence-electron chi connectivity index (χ1n) is 13.1. The Hall–Kier alpha value is -3.23. The van der Waals surface area contributed by atoms with Crippen molar-refractivity contribution in [2.45, 2.75) is 46.0 Å². The molecule has 0 saturated heterocycles. The van der Waals surface area contributed by atoms with Crippen LogP contribution < -0.4 is 5.32 Å². The van der Waals surface area contributed by atoms with Crippen LogP contribution in [0, 0.1) is 11.8 Å². The van der Waals surface area contributed by atoms with E-state index in [0.717, 1.165) is 48.0 Å². The summed E-state index contributed by atoms with van der Waals surface area (Å²) in [6.07, 6.45) is 8.80. The summed E-state index contributed by atoms with van der Waals surface area (Å²) in [5, 5.41) is 13.0.